The van der Waals surface area contributed by atoms with Crippen molar-refractivity contribution >= 4 is 23.5 Å². The second kappa shape index (κ2) is 8.97. The zero-order valence-electron chi connectivity index (χ0n) is 15.7. The number of ether oxygens (including phenoxy) is 1. The first-order valence-electron chi connectivity index (χ1n) is 9.15. The number of hydrogen-bond acceptors (Lipinski definition) is 6. The summed E-state index contributed by atoms with van der Waals surface area (Å²) in [7, 11) is 0. The molecule has 11 heteroatoms. The average molecular weight is 424 g/mol. The number of piperidine rings is 1. The summed E-state index contributed by atoms with van der Waals surface area (Å²) in [5.74, 6) is -1.50. The third-order valence-corrected chi connectivity index (χ3v) is 4.51. The van der Waals surface area contributed by atoms with E-state index in [1.807, 2.05) is 4.90 Å². The van der Waals surface area contributed by atoms with Gasteiger partial charge in [-0.25, -0.2) is 0 Å². The molecule has 30 heavy (non-hydrogen) atoms. The van der Waals surface area contributed by atoms with E-state index in [0.29, 0.717) is 30.9 Å². The van der Waals surface area contributed by atoms with Crippen molar-refractivity contribution in [1.29, 1.82) is 0 Å². The summed E-state index contributed by atoms with van der Waals surface area (Å²) in [6, 6.07) is 8.32. The lowest BCUT2D eigenvalue weighted by molar-refractivity contribution is -0.274. The Kier molecular flexibility index (Phi) is 6.38. The number of carboxylic acids is 1. The average Bonchev–Trinajstić information content (AvgIpc) is 2.67. The van der Waals surface area contributed by atoms with E-state index < -0.39 is 29.9 Å². The number of benzene rings is 1. The molecule has 1 aromatic heterocycles. The maximum atomic E-state index is 12.3. The van der Waals surface area contributed by atoms with Gasteiger partial charge in [0.2, 0.25) is 5.91 Å². The minimum Gasteiger partial charge on any atom is -0.481 e. The first-order chi connectivity index (χ1) is 14.2. The summed E-state index contributed by atoms with van der Waals surface area (Å²) in [4.78, 5) is 25.2. The Bertz CT molecular complexity index is 905. The maximum Gasteiger partial charge on any atom is 0.573 e. The minimum absolute atomic E-state index is 0.176. The van der Waals surface area contributed by atoms with Crippen molar-refractivity contribution in [2.75, 3.05) is 23.3 Å². The van der Waals surface area contributed by atoms with Crippen LogP contribution in [0, 0.1) is 5.92 Å². The summed E-state index contributed by atoms with van der Waals surface area (Å²) in [5, 5.41) is 19.7. The molecular formula is C19H19F3N4O4. The Hall–Kier alpha value is -3.37. The van der Waals surface area contributed by atoms with Crippen molar-refractivity contribution in [3.8, 4) is 5.75 Å². The van der Waals surface area contributed by atoms with Crippen LogP contribution in [0.3, 0.4) is 0 Å². The highest BCUT2D eigenvalue weighted by atomic mass is 19.4. The summed E-state index contributed by atoms with van der Waals surface area (Å²) in [6.07, 6.45) is -3.64. The number of carboxylic acid groups (broad SMARTS) is 1. The summed E-state index contributed by atoms with van der Waals surface area (Å²) < 4.78 is 40.7. The smallest absolute Gasteiger partial charge is 0.481 e. The van der Waals surface area contributed by atoms with E-state index in [2.05, 4.69) is 20.3 Å². The van der Waals surface area contributed by atoms with Crippen molar-refractivity contribution in [1.82, 2.24) is 10.2 Å². The SMILES string of the molecule is O=C(Cc1cccc(OC(F)(F)F)c1)Nc1ccc(N2CCCC(C(=O)O)C2)nn1. The van der Waals surface area contributed by atoms with Gasteiger partial charge in [0, 0.05) is 13.1 Å². The number of amides is 1. The number of hydrogen-bond donors (Lipinski definition) is 2. The van der Waals surface area contributed by atoms with Gasteiger partial charge in [0.25, 0.3) is 0 Å². The van der Waals surface area contributed by atoms with Crippen molar-refractivity contribution in [3.63, 3.8) is 0 Å². The van der Waals surface area contributed by atoms with E-state index in [1.165, 1.54) is 18.2 Å². The molecule has 0 aliphatic carbocycles. The lowest BCUT2D eigenvalue weighted by Crippen LogP contribution is -2.39. The Balaban J connectivity index is 1.57. The summed E-state index contributed by atoms with van der Waals surface area (Å²) in [5.41, 5.74) is 0.340. The topological polar surface area (TPSA) is 105 Å². The molecule has 2 heterocycles. The van der Waals surface area contributed by atoms with Crippen LogP contribution < -0.4 is 15.0 Å². The quantitative estimate of drug-likeness (QED) is 0.735. The van der Waals surface area contributed by atoms with Crippen LogP contribution in [0.15, 0.2) is 36.4 Å². The maximum absolute atomic E-state index is 12.3. The fraction of sp³-hybridized carbons (Fsp3) is 0.368. The number of carbonyl (C=O) groups is 2. The van der Waals surface area contributed by atoms with E-state index in [0.717, 1.165) is 18.6 Å². The third kappa shape index (κ3) is 6.06. The van der Waals surface area contributed by atoms with Gasteiger partial charge in [0.05, 0.1) is 12.3 Å². The Morgan fingerprint density at radius 1 is 1.23 bits per heavy atom. The largest absolute Gasteiger partial charge is 0.573 e. The molecule has 160 valence electrons. The molecule has 3 rings (SSSR count). The molecule has 2 aromatic rings. The first-order valence-corrected chi connectivity index (χ1v) is 9.15. The summed E-state index contributed by atoms with van der Waals surface area (Å²) >= 11 is 0. The highest BCUT2D eigenvalue weighted by Crippen LogP contribution is 2.24. The molecule has 1 unspecified atom stereocenters. The molecule has 8 nitrogen and oxygen atoms in total. The van der Waals surface area contributed by atoms with Crippen LogP contribution in [0.4, 0.5) is 24.8 Å². The molecule has 0 saturated carbocycles. The molecule has 0 bridgehead atoms. The number of carbonyl (C=O) groups excluding carboxylic acids is 1. The molecular weight excluding hydrogens is 405 g/mol. The van der Waals surface area contributed by atoms with Gasteiger partial charge in [-0.3, -0.25) is 9.59 Å². The number of aliphatic carboxylic acids is 1. The number of halogens is 3. The molecule has 0 radical (unpaired) electrons. The fourth-order valence-corrected chi connectivity index (χ4v) is 3.17. The zero-order chi connectivity index (χ0) is 21.7. The molecule has 1 aliphatic rings. The molecule has 2 N–H and O–H groups in total. The number of alkyl halides is 3. The molecule has 1 aromatic carbocycles. The van der Waals surface area contributed by atoms with Crippen LogP contribution in [-0.4, -0.2) is 46.6 Å². The van der Waals surface area contributed by atoms with Crippen molar-refractivity contribution in [3.05, 3.63) is 42.0 Å². The number of aromatic nitrogens is 2. The van der Waals surface area contributed by atoms with E-state index in [-0.39, 0.29) is 12.2 Å². The van der Waals surface area contributed by atoms with Gasteiger partial charge in [-0.05, 0) is 42.7 Å². The van der Waals surface area contributed by atoms with Gasteiger partial charge in [0.1, 0.15) is 5.75 Å². The Labute approximate surface area is 169 Å². The predicted octanol–water partition coefficient (Wildman–Crippen LogP) is 2.86. The van der Waals surface area contributed by atoms with E-state index in [9.17, 15) is 22.8 Å². The molecule has 0 spiro atoms. The van der Waals surface area contributed by atoms with Gasteiger partial charge in [0.15, 0.2) is 11.6 Å². The third-order valence-electron chi connectivity index (χ3n) is 4.51. The molecule has 1 saturated heterocycles. The lowest BCUT2D eigenvalue weighted by atomic mass is 9.98. The number of anilines is 2. The predicted molar refractivity (Wildman–Crippen MR) is 100 cm³/mol. The fourth-order valence-electron chi connectivity index (χ4n) is 3.17. The second-order valence-corrected chi connectivity index (χ2v) is 6.82. The molecule has 1 atom stereocenters. The van der Waals surface area contributed by atoms with Crippen LogP contribution in [-0.2, 0) is 16.0 Å². The van der Waals surface area contributed by atoms with Crippen LogP contribution in [0.2, 0.25) is 0 Å². The Morgan fingerprint density at radius 2 is 2.03 bits per heavy atom. The van der Waals surface area contributed by atoms with Crippen LogP contribution in [0.1, 0.15) is 18.4 Å². The number of nitrogens with one attached hydrogen (secondary N) is 1. The van der Waals surface area contributed by atoms with Gasteiger partial charge in [-0.15, -0.1) is 23.4 Å². The van der Waals surface area contributed by atoms with Gasteiger partial charge in [-0.2, -0.15) is 0 Å². The van der Waals surface area contributed by atoms with E-state index in [1.54, 1.807) is 6.07 Å². The van der Waals surface area contributed by atoms with E-state index in [4.69, 9.17) is 5.11 Å². The standard InChI is InChI=1S/C19H19F3N4O4/c20-19(21,22)30-14-5-1-3-12(9-14)10-17(27)23-15-6-7-16(25-24-15)26-8-2-4-13(11-26)18(28)29/h1,3,5-7,9,13H,2,4,8,10-11H2,(H,28,29)(H,23,24,27). The van der Waals surface area contributed by atoms with Crippen LogP contribution in [0.5, 0.6) is 5.75 Å². The van der Waals surface area contributed by atoms with Crippen LogP contribution in [0.25, 0.3) is 0 Å². The molecule has 1 amide bonds. The van der Waals surface area contributed by atoms with Crippen LogP contribution >= 0.6 is 0 Å². The van der Waals surface area contributed by atoms with Crippen molar-refractivity contribution in [2.45, 2.75) is 25.6 Å². The van der Waals surface area contributed by atoms with Gasteiger partial charge in [-0.1, -0.05) is 12.1 Å². The number of nitrogens with zero attached hydrogens (tertiary/aromatic N) is 3. The summed E-state index contributed by atoms with van der Waals surface area (Å²) in [6.45, 7) is 1.01. The van der Waals surface area contributed by atoms with Gasteiger partial charge < -0.3 is 20.1 Å². The molecule has 1 aliphatic heterocycles. The van der Waals surface area contributed by atoms with Crippen molar-refractivity contribution < 1.29 is 32.6 Å². The highest BCUT2D eigenvalue weighted by molar-refractivity contribution is 5.91. The minimum atomic E-state index is -4.81. The van der Waals surface area contributed by atoms with Crippen molar-refractivity contribution in [2.24, 2.45) is 5.92 Å². The normalized spacial score (nSPS) is 16.8. The first kappa shape index (κ1) is 21.3. The van der Waals surface area contributed by atoms with Gasteiger partial charge >= 0.3 is 12.3 Å². The monoisotopic (exact) mass is 424 g/mol. The zero-order valence-corrected chi connectivity index (χ0v) is 15.7. The molecule has 1 fully saturated rings. The lowest BCUT2D eigenvalue weighted by Gasteiger charge is -2.31. The highest BCUT2D eigenvalue weighted by Gasteiger charge is 2.31. The Morgan fingerprint density at radius 3 is 2.70 bits per heavy atom. The number of rotatable bonds is 6. The van der Waals surface area contributed by atoms with E-state index >= 15 is 0 Å². The second-order valence-electron chi connectivity index (χ2n) is 6.82.